The highest BCUT2D eigenvalue weighted by Gasteiger charge is 2.22. The SMILES string of the molecule is CCCC(C)NS(=O)(=O)c1nnc(NC(=O)c2cccc(C)c2)s1. The fraction of sp³-hybridized carbons (Fsp3) is 0.400. The fourth-order valence-electron chi connectivity index (χ4n) is 2.13. The highest BCUT2D eigenvalue weighted by molar-refractivity contribution is 7.91. The van der Waals surface area contributed by atoms with Gasteiger partial charge in [-0.25, -0.2) is 13.1 Å². The number of carbonyl (C=O) groups excluding carboxylic acids is 1. The van der Waals surface area contributed by atoms with Crippen molar-refractivity contribution in [2.45, 2.75) is 44.0 Å². The van der Waals surface area contributed by atoms with Crippen LogP contribution in [0.3, 0.4) is 0 Å². The molecule has 7 nitrogen and oxygen atoms in total. The van der Waals surface area contributed by atoms with E-state index in [0.29, 0.717) is 5.56 Å². The van der Waals surface area contributed by atoms with E-state index < -0.39 is 10.0 Å². The van der Waals surface area contributed by atoms with Crippen molar-refractivity contribution >= 4 is 32.4 Å². The van der Waals surface area contributed by atoms with Gasteiger partial charge in [0.25, 0.3) is 15.9 Å². The highest BCUT2D eigenvalue weighted by atomic mass is 32.2. The Balaban J connectivity index is 2.09. The molecule has 0 aliphatic heterocycles. The first-order valence-corrected chi connectivity index (χ1v) is 9.85. The van der Waals surface area contributed by atoms with Crippen LogP contribution in [0.25, 0.3) is 0 Å². The lowest BCUT2D eigenvalue weighted by Gasteiger charge is -2.10. The van der Waals surface area contributed by atoms with Crippen molar-refractivity contribution < 1.29 is 13.2 Å². The van der Waals surface area contributed by atoms with Crippen molar-refractivity contribution in [1.29, 1.82) is 0 Å². The molecule has 9 heteroatoms. The maximum absolute atomic E-state index is 12.2. The Hall–Kier alpha value is -1.84. The van der Waals surface area contributed by atoms with Crippen molar-refractivity contribution in [3.05, 3.63) is 35.4 Å². The zero-order valence-corrected chi connectivity index (χ0v) is 15.4. The minimum atomic E-state index is -3.72. The van der Waals surface area contributed by atoms with Gasteiger partial charge in [0.05, 0.1) is 0 Å². The van der Waals surface area contributed by atoms with Gasteiger partial charge in [0, 0.05) is 11.6 Å². The van der Waals surface area contributed by atoms with Gasteiger partial charge in [-0.05, 0) is 32.4 Å². The quantitative estimate of drug-likeness (QED) is 0.732. The van der Waals surface area contributed by atoms with Crippen LogP contribution in [-0.4, -0.2) is 30.6 Å². The van der Waals surface area contributed by atoms with Gasteiger partial charge in [0.1, 0.15) is 0 Å². The summed E-state index contributed by atoms with van der Waals surface area (Å²) in [5.74, 6) is -0.355. The summed E-state index contributed by atoms with van der Waals surface area (Å²) in [6.07, 6.45) is 1.60. The van der Waals surface area contributed by atoms with Gasteiger partial charge in [-0.2, -0.15) is 0 Å². The molecule has 1 heterocycles. The molecule has 2 aromatic rings. The van der Waals surface area contributed by atoms with Crippen LogP contribution < -0.4 is 10.0 Å². The second-order valence-electron chi connectivity index (χ2n) is 5.51. The third-order valence-corrected chi connectivity index (χ3v) is 6.01. The van der Waals surface area contributed by atoms with E-state index >= 15 is 0 Å². The molecule has 2 rings (SSSR count). The standard InChI is InChI=1S/C15H20N4O3S2/c1-4-6-11(3)19-24(21,22)15-18-17-14(23-15)16-13(20)12-8-5-7-10(2)9-12/h5,7-9,11,19H,4,6H2,1-3H3,(H,16,17,20). The minimum absolute atomic E-state index is 0.144. The van der Waals surface area contributed by atoms with E-state index in [1.165, 1.54) is 0 Å². The van der Waals surface area contributed by atoms with Crippen LogP contribution in [0.1, 0.15) is 42.6 Å². The Morgan fingerprint density at radius 2 is 2.08 bits per heavy atom. The number of anilines is 1. The first-order chi connectivity index (χ1) is 11.3. The van der Waals surface area contributed by atoms with E-state index in [1.54, 1.807) is 25.1 Å². The number of aryl methyl sites for hydroxylation is 1. The lowest BCUT2D eigenvalue weighted by molar-refractivity contribution is 0.102. The summed E-state index contributed by atoms with van der Waals surface area (Å²) in [5, 5.41) is 10.1. The molecule has 0 aliphatic carbocycles. The summed E-state index contributed by atoms with van der Waals surface area (Å²) in [4.78, 5) is 12.2. The van der Waals surface area contributed by atoms with E-state index in [-0.39, 0.29) is 21.4 Å². The number of aromatic nitrogens is 2. The summed E-state index contributed by atoms with van der Waals surface area (Å²) in [5.41, 5.74) is 1.43. The van der Waals surface area contributed by atoms with Gasteiger partial charge in [0.2, 0.25) is 9.47 Å². The van der Waals surface area contributed by atoms with E-state index in [2.05, 4.69) is 20.2 Å². The van der Waals surface area contributed by atoms with Gasteiger partial charge in [-0.1, -0.05) is 42.4 Å². The Morgan fingerprint density at radius 1 is 1.33 bits per heavy atom. The zero-order valence-electron chi connectivity index (χ0n) is 13.7. The second-order valence-corrected chi connectivity index (χ2v) is 8.37. The molecule has 0 radical (unpaired) electrons. The van der Waals surface area contributed by atoms with Crippen LogP contribution in [0.4, 0.5) is 5.13 Å². The van der Waals surface area contributed by atoms with Crippen molar-refractivity contribution in [2.75, 3.05) is 5.32 Å². The van der Waals surface area contributed by atoms with Gasteiger partial charge < -0.3 is 0 Å². The molecule has 0 fully saturated rings. The molecule has 1 aromatic heterocycles. The van der Waals surface area contributed by atoms with Gasteiger partial charge >= 0.3 is 0 Å². The third kappa shape index (κ3) is 4.83. The van der Waals surface area contributed by atoms with Crippen molar-refractivity contribution in [3.8, 4) is 0 Å². The predicted octanol–water partition coefficient (Wildman–Crippen LogP) is 2.57. The Kier molecular flexibility index (Phi) is 6.03. The van der Waals surface area contributed by atoms with Crippen LogP contribution in [0, 0.1) is 6.92 Å². The summed E-state index contributed by atoms with van der Waals surface area (Å²) < 4.78 is 26.8. The first kappa shape index (κ1) is 18.5. The van der Waals surface area contributed by atoms with Crippen LogP contribution >= 0.6 is 11.3 Å². The number of carbonyl (C=O) groups is 1. The van der Waals surface area contributed by atoms with Crippen LogP contribution in [0.15, 0.2) is 28.6 Å². The zero-order chi connectivity index (χ0) is 17.7. The lowest BCUT2D eigenvalue weighted by Crippen LogP contribution is -2.32. The van der Waals surface area contributed by atoms with Crippen molar-refractivity contribution in [3.63, 3.8) is 0 Å². The molecule has 0 saturated carbocycles. The molecule has 130 valence electrons. The number of rotatable bonds is 7. The Morgan fingerprint density at radius 3 is 2.75 bits per heavy atom. The molecular formula is C15H20N4O3S2. The van der Waals surface area contributed by atoms with E-state index in [4.69, 9.17) is 0 Å². The maximum Gasteiger partial charge on any atom is 0.270 e. The molecule has 1 atom stereocenters. The molecule has 1 aromatic carbocycles. The number of amides is 1. The smallest absolute Gasteiger partial charge is 0.270 e. The summed E-state index contributed by atoms with van der Waals surface area (Å²) >= 11 is 0.822. The topological polar surface area (TPSA) is 101 Å². The molecule has 0 saturated heterocycles. The fourth-order valence-corrected chi connectivity index (χ4v) is 4.32. The Bertz CT molecular complexity index is 818. The van der Waals surface area contributed by atoms with Crippen LogP contribution in [0.2, 0.25) is 0 Å². The van der Waals surface area contributed by atoms with Crippen LogP contribution in [-0.2, 0) is 10.0 Å². The van der Waals surface area contributed by atoms with E-state index in [0.717, 1.165) is 29.7 Å². The molecule has 1 unspecified atom stereocenters. The summed E-state index contributed by atoms with van der Waals surface area (Å²) in [6.45, 7) is 5.66. The lowest BCUT2D eigenvalue weighted by atomic mass is 10.1. The molecular weight excluding hydrogens is 348 g/mol. The molecule has 0 spiro atoms. The largest absolute Gasteiger partial charge is 0.296 e. The summed E-state index contributed by atoms with van der Waals surface area (Å²) in [7, 11) is -3.72. The van der Waals surface area contributed by atoms with Gasteiger partial charge in [-0.15, -0.1) is 10.2 Å². The van der Waals surface area contributed by atoms with Crippen molar-refractivity contribution in [2.24, 2.45) is 0 Å². The van der Waals surface area contributed by atoms with E-state index in [9.17, 15) is 13.2 Å². The number of hydrogen-bond donors (Lipinski definition) is 2. The average molecular weight is 368 g/mol. The first-order valence-electron chi connectivity index (χ1n) is 7.55. The Labute approximate surface area is 145 Å². The molecule has 1 amide bonds. The van der Waals surface area contributed by atoms with Crippen LogP contribution in [0.5, 0.6) is 0 Å². The highest BCUT2D eigenvalue weighted by Crippen LogP contribution is 2.21. The maximum atomic E-state index is 12.2. The molecule has 24 heavy (non-hydrogen) atoms. The number of sulfonamides is 1. The number of nitrogens with zero attached hydrogens (tertiary/aromatic N) is 2. The minimum Gasteiger partial charge on any atom is -0.296 e. The number of benzene rings is 1. The normalized spacial score (nSPS) is 12.8. The third-order valence-electron chi connectivity index (χ3n) is 3.22. The average Bonchev–Trinajstić information content (AvgIpc) is 2.96. The number of nitrogens with one attached hydrogen (secondary N) is 2. The molecule has 0 aliphatic rings. The van der Waals surface area contributed by atoms with Crippen molar-refractivity contribution in [1.82, 2.24) is 14.9 Å². The molecule has 2 N–H and O–H groups in total. The second kappa shape index (κ2) is 7.82. The predicted molar refractivity (Wildman–Crippen MR) is 93.7 cm³/mol. The number of hydrogen-bond acceptors (Lipinski definition) is 6. The van der Waals surface area contributed by atoms with Gasteiger partial charge in [-0.3, -0.25) is 10.1 Å². The van der Waals surface area contributed by atoms with E-state index in [1.807, 2.05) is 19.9 Å². The summed E-state index contributed by atoms with van der Waals surface area (Å²) in [6, 6.07) is 6.89. The monoisotopic (exact) mass is 368 g/mol. The van der Waals surface area contributed by atoms with Gasteiger partial charge in [0.15, 0.2) is 0 Å². The molecule has 0 bridgehead atoms.